The molecule has 2 rings (SSSR count). The highest BCUT2D eigenvalue weighted by Gasteiger charge is 2.21. The van der Waals surface area contributed by atoms with Gasteiger partial charge in [0.05, 0.1) is 12.2 Å². The van der Waals surface area contributed by atoms with Gasteiger partial charge in [-0.05, 0) is 36.8 Å². The maximum Gasteiger partial charge on any atom is 0.233 e. The minimum atomic E-state index is 0.0795. The van der Waals surface area contributed by atoms with Gasteiger partial charge in [0.1, 0.15) is 0 Å². The fourth-order valence-electron chi connectivity index (χ4n) is 1.89. The van der Waals surface area contributed by atoms with Crippen molar-refractivity contribution in [2.45, 2.75) is 32.7 Å². The fourth-order valence-corrected chi connectivity index (χ4v) is 1.89. The number of carbonyl (C=O) groups is 1. The molecule has 0 atom stereocenters. The summed E-state index contributed by atoms with van der Waals surface area (Å²) >= 11 is 0. The Morgan fingerprint density at radius 2 is 2.33 bits per heavy atom. The molecule has 4 nitrogen and oxygen atoms in total. The first kappa shape index (κ1) is 13.0. The summed E-state index contributed by atoms with van der Waals surface area (Å²) < 4.78 is 0. The summed E-state index contributed by atoms with van der Waals surface area (Å²) in [6.45, 7) is 3.97. The Hall–Kier alpha value is -1.42. The van der Waals surface area contributed by atoms with E-state index in [1.807, 2.05) is 6.07 Å². The number of nitrogens with zero attached hydrogens (tertiary/aromatic N) is 1. The quantitative estimate of drug-likeness (QED) is 0.762. The van der Waals surface area contributed by atoms with Crippen molar-refractivity contribution in [2.75, 3.05) is 13.1 Å². The minimum absolute atomic E-state index is 0.0795. The van der Waals surface area contributed by atoms with Gasteiger partial charge < -0.3 is 10.6 Å². The molecule has 1 aliphatic carbocycles. The molecule has 98 valence electrons. The number of aryl methyl sites for hydroxylation is 1. The van der Waals surface area contributed by atoms with Crippen molar-refractivity contribution in [3.05, 3.63) is 29.6 Å². The van der Waals surface area contributed by atoms with E-state index in [-0.39, 0.29) is 5.91 Å². The molecule has 1 fully saturated rings. The van der Waals surface area contributed by atoms with E-state index in [0.717, 1.165) is 24.6 Å². The highest BCUT2D eigenvalue weighted by Crippen LogP contribution is 2.27. The van der Waals surface area contributed by atoms with Crippen molar-refractivity contribution >= 4 is 5.91 Å². The lowest BCUT2D eigenvalue weighted by Gasteiger charge is -2.08. The van der Waals surface area contributed by atoms with Crippen molar-refractivity contribution in [3.63, 3.8) is 0 Å². The highest BCUT2D eigenvalue weighted by molar-refractivity contribution is 5.77. The molecule has 0 radical (unpaired) electrons. The Morgan fingerprint density at radius 1 is 1.50 bits per heavy atom. The molecule has 1 aromatic rings. The molecule has 0 unspecified atom stereocenters. The Labute approximate surface area is 108 Å². The molecule has 1 heterocycles. The van der Waals surface area contributed by atoms with Crippen molar-refractivity contribution in [3.8, 4) is 0 Å². The third-order valence-corrected chi connectivity index (χ3v) is 3.23. The average Bonchev–Trinajstić information content (AvgIpc) is 3.21. The largest absolute Gasteiger partial charge is 0.355 e. The van der Waals surface area contributed by atoms with Gasteiger partial charge in [-0.3, -0.25) is 9.78 Å². The molecule has 2 N–H and O–H groups in total. The van der Waals surface area contributed by atoms with E-state index in [4.69, 9.17) is 0 Å². The number of amides is 1. The van der Waals surface area contributed by atoms with Crippen LogP contribution in [-0.2, 0) is 17.8 Å². The van der Waals surface area contributed by atoms with E-state index in [9.17, 15) is 4.79 Å². The molecular weight excluding hydrogens is 226 g/mol. The minimum Gasteiger partial charge on any atom is -0.355 e. The summed E-state index contributed by atoms with van der Waals surface area (Å²) in [6.07, 6.45) is 5.30. The van der Waals surface area contributed by atoms with E-state index < -0.39 is 0 Å². The van der Waals surface area contributed by atoms with E-state index in [1.165, 1.54) is 18.4 Å². The summed E-state index contributed by atoms with van der Waals surface area (Å²) in [6, 6.07) is 4.03. The van der Waals surface area contributed by atoms with Crippen molar-refractivity contribution in [1.29, 1.82) is 0 Å². The molecule has 4 heteroatoms. The molecule has 0 aromatic carbocycles. The molecule has 1 saturated carbocycles. The predicted molar refractivity (Wildman–Crippen MR) is 71.1 cm³/mol. The third kappa shape index (κ3) is 4.11. The Balaban J connectivity index is 1.68. The second-order valence-electron chi connectivity index (χ2n) is 4.81. The van der Waals surface area contributed by atoms with Gasteiger partial charge in [-0.25, -0.2) is 0 Å². The number of rotatable bonds is 7. The summed E-state index contributed by atoms with van der Waals surface area (Å²) in [4.78, 5) is 15.9. The number of hydrogen-bond donors (Lipinski definition) is 2. The van der Waals surface area contributed by atoms with Gasteiger partial charge in [0, 0.05) is 19.3 Å². The lowest BCUT2D eigenvalue weighted by molar-refractivity contribution is -0.120. The zero-order valence-corrected chi connectivity index (χ0v) is 10.9. The smallest absolute Gasteiger partial charge is 0.233 e. The van der Waals surface area contributed by atoms with E-state index in [1.54, 1.807) is 6.20 Å². The number of aromatic nitrogens is 1. The predicted octanol–water partition coefficient (Wildman–Crippen LogP) is 1.26. The Morgan fingerprint density at radius 3 is 3.06 bits per heavy atom. The fraction of sp³-hybridized carbons (Fsp3) is 0.571. The Kier molecular flexibility index (Phi) is 4.70. The van der Waals surface area contributed by atoms with Gasteiger partial charge in [-0.1, -0.05) is 13.0 Å². The SMILES string of the molecule is CCc1cccnc1CNCC(=O)NCC1CC1. The Bertz CT molecular complexity index is 402. The molecule has 0 aliphatic heterocycles. The molecule has 0 spiro atoms. The first-order valence-electron chi connectivity index (χ1n) is 6.69. The van der Waals surface area contributed by atoms with Crippen LogP contribution in [0, 0.1) is 5.92 Å². The molecular formula is C14H21N3O. The van der Waals surface area contributed by atoms with Crippen LogP contribution in [0.25, 0.3) is 0 Å². The number of hydrogen-bond acceptors (Lipinski definition) is 3. The van der Waals surface area contributed by atoms with Crippen LogP contribution in [-0.4, -0.2) is 24.0 Å². The van der Waals surface area contributed by atoms with Crippen LogP contribution < -0.4 is 10.6 Å². The maximum absolute atomic E-state index is 11.5. The first-order valence-corrected chi connectivity index (χ1v) is 6.69. The van der Waals surface area contributed by atoms with Crippen molar-refractivity contribution < 1.29 is 4.79 Å². The van der Waals surface area contributed by atoms with Gasteiger partial charge in [-0.15, -0.1) is 0 Å². The van der Waals surface area contributed by atoms with Crippen LogP contribution in [0.5, 0.6) is 0 Å². The van der Waals surface area contributed by atoms with Gasteiger partial charge >= 0.3 is 0 Å². The first-order chi connectivity index (χ1) is 8.79. The number of carbonyl (C=O) groups excluding carboxylic acids is 1. The summed E-state index contributed by atoms with van der Waals surface area (Å²) in [5.74, 6) is 0.812. The van der Waals surface area contributed by atoms with Crippen molar-refractivity contribution in [1.82, 2.24) is 15.6 Å². The van der Waals surface area contributed by atoms with E-state index in [2.05, 4.69) is 28.6 Å². The normalized spacial score (nSPS) is 14.5. The lowest BCUT2D eigenvalue weighted by atomic mass is 10.1. The lowest BCUT2D eigenvalue weighted by Crippen LogP contribution is -2.34. The van der Waals surface area contributed by atoms with Gasteiger partial charge in [-0.2, -0.15) is 0 Å². The van der Waals surface area contributed by atoms with Gasteiger partial charge in [0.15, 0.2) is 0 Å². The molecule has 18 heavy (non-hydrogen) atoms. The monoisotopic (exact) mass is 247 g/mol. The molecule has 1 aromatic heterocycles. The van der Waals surface area contributed by atoms with E-state index >= 15 is 0 Å². The van der Waals surface area contributed by atoms with Crippen LogP contribution in [0.4, 0.5) is 0 Å². The maximum atomic E-state index is 11.5. The zero-order chi connectivity index (χ0) is 12.8. The van der Waals surface area contributed by atoms with E-state index in [0.29, 0.717) is 13.1 Å². The van der Waals surface area contributed by atoms with Crippen LogP contribution in [0.15, 0.2) is 18.3 Å². The zero-order valence-electron chi connectivity index (χ0n) is 10.9. The number of pyridine rings is 1. The average molecular weight is 247 g/mol. The molecule has 1 aliphatic rings. The summed E-state index contributed by atoms with van der Waals surface area (Å²) in [7, 11) is 0. The van der Waals surface area contributed by atoms with Gasteiger partial charge in [0.2, 0.25) is 5.91 Å². The third-order valence-electron chi connectivity index (χ3n) is 3.23. The topological polar surface area (TPSA) is 54.0 Å². The molecule has 1 amide bonds. The van der Waals surface area contributed by atoms with Crippen LogP contribution in [0.1, 0.15) is 31.0 Å². The van der Waals surface area contributed by atoms with Crippen LogP contribution >= 0.6 is 0 Å². The van der Waals surface area contributed by atoms with Crippen LogP contribution in [0.3, 0.4) is 0 Å². The van der Waals surface area contributed by atoms with Gasteiger partial charge in [0.25, 0.3) is 0 Å². The molecule has 0 saturated heterocycles. The standard InChI is InChI=1S/C14H21N3O/c1-2-12-4-3-7-16-13(12)9-15-10-14(18)17-8-11-5-6-11/h3-4,7,11,15H,2,5-6,8-10H2,1H3,(H,17,18). The van der Waals surface area contributed by atoms with Crippen LogP contribution in [0.2, 0.25) is 0 Å². The highest BCUT2D eigenvalue weighted by atomic mass is 16.1. The number of nitrogens with one attached hydrogen (secondary N) is 2. The summed E-state index contributed by atoms with van der Waals surface area (Å²) in [5, 5.41) is 6.08. The van der Waals surface area contributed by atoms with Crippen molar-refractivity contribution in [2.24, 2.45) is 5.92 Å². The second kappa shape index (κ2) is 6.50. The second-order valence-corrected chi connectivity index (χ2v) is 4.81. The summed E-state index contributed by atoms with van der Waals surface area (Å²) in [5.41, 5.74) is 2.28. The molecule has 0 bridgehead atoms.